The Morgan fingerprint density at radius 2 is 1.77 bits per heavy atom. The third-order valence-electron chi connectivity index (χ3n) is 4.29. The van der Waals surface area contributed by atoms with E-state index in [2.05, 4.69) is 0 Å². The van der Waals surface area contributed by atoms with Crippen molar-refractivity contribution < 1.29 is 23.1 Å². The Bertz CT molecular complexity index is 933. The third kappa shape index (κ3) is 3.81. The summed E-state index contributed by atoms with van der Waals surface area (Å²) in [5.41, 5.74) is 1.23. The van der Waals surface area contributed by atoms with Gasteiger partial charge in [-0.05, 0) is 44.0 Å². The molecule has 26 heavy (non-hydrogen) atoms. The van der Waals surface area contributed by atoms with Gasteiger partial charge in [-0.3, -0.25) is 0 Å². The number of aryl methyl sites for hydroxylation is 1. The fourth-order valence-corrected chi connectivity index (χ4v) is 3.49. The van der Waals surface area contributed by atoms with Crippen molar-refractivity contribution in [2.75, 3.05) is 18.0 Å². The molecule has 138 valence electrons. The zero-order valence-electron chi connectivity index (χ0n) is 14.3. The van der Waals surface area contributed by atoms with Crippen LogP contribution in [0.4, 0.5) is 5.69 Å². The lowest BCUT2D eigenvalue weighted by atomic mass is 10.1. The van der Waals surface area contributed by atoms with Crippen LogP contribution in [-0.4, -0.2) is 32.6 Å². The number of nitrogens with two attached hydrogens (primary N) is 1. The molecule has 0 spiro atoms. The van der Waals surface area contributed by atoms with Gasteiger partial charge in [0.05, 0.1) is 10.6 Å². The van der Waals surface area contributed by atoms with E-state index in [1.54, 1.807) is 12.1 Å². The highest BCUT2D eigenvalue weighted by molar-refractivity contribution is 7.89. The molecule has 0 atom stereocenters. The highest BCUT2D eigenvalue weighted by Gasteiger charge is 2.26. The lowest BCUT2D eigenvalue weighted by Crippen LogP contribution is -2.21. The summed E-state index contributed by atoms with van der Waals surface area (Å²) in [4.78, 5) is 13.5. The standard InChI is InChI=1S/C18H20N2O5S/c1-12-4-6-13(7-5-12)25-17-15(18(21)22)10-14(26(19,23)24)11-16(17)20-8-2-3-9-20/h4-7,10-11H,2-3,8-9H2,1H3,(H,21,22)(H2,19,23,24). The molecule has 0 saturated carbocycles. The Hall–Kier alpha value is -2.58. The van der Waals surface area contributed by atoms with Gasteiger partial charge in [0.1, 0.15) is 11.3 Å². The topological polar surface area (TPSA) is 110 Å². The smallest absolute Gasteiger partial charge is 0.339 e. The highest BCUT2D eigenvalue weighted by Crippen LogP contribution is 2.39. The Morgan fingerprint density at radius 1 is 1.15 bits per heavy atom. The minimum absolute atomic E-state index is 0.121. The van der Waals surface area contributed by atoms with E-state index in [4.69, 9.17) is 9.88 Å². The number of aromatic carboxylic acids is 1. The molecule has 2 aromatic carbocycles. The van der Waals surface area contributed by atoms with Crippen LogP contribution in [0.1, 0.15) is 28.8 Å². The monoisotopic (exact) mass is 376 g/mol. The van der Waals surface area contributed by atoms with Gasteiger partial charge in [0.2, 0.25) is 10.0 Å². The maximum atomic E-state index is 11.8. The number of rotatable bonds is 5. The maximum absolute atomic E-state index is 11.8. The molecule has 0 aliphatic carbocycles. The first-order chi connectivity index (χ1) is 12.3. The number of benzene rings is 2. The van der Waals surface area contributed by atoms with Gasteiger partial charge in [-0.2, -0.15) is 0 Å². The molecule has 2 aromatic rings. The fraction of sp³-hybridized carbons (Fsp3) is 0.278. The Morgan fingerprint density at radius 3 is 2.31 bits per heavy atom. The number of hydrogen-bond acceptors (Lipinski definition) is 5. The van der Waals surface area contributed by atoms with Crippen molar-refractivity contribution in [2.45, 2.75) is 24.7 Å². The summed E-state index contributed by atoms with van der Waals surface area (Å²) in [6.45, 7) is 3.32. The molecule has 3 N–H and O–H groups in total. The molecule has 0 amide bonds. The number of sulfonamides is 1. The predicted octanol–water partition coefficient (Wildman–Crippen LogP) is 2.73. The van der Waals surface area contributed by atoms with Crippen LogP contribution >= 0.6 is 0 Å². The molecule has 1 saturated heterocycles. The van der Waals surface area contributed by atoms with E-state index >= 15 is 0 Å². The first kappa shape index (κ1) is 18.2. The van der Waals surface area contributed by atoms with E-state index < -0.39 is 16.0 Å². The third-order valence-corrected chi connectivity index (χ3v) is 5.18. The molecular formula is C18H20N2O5S. The van der Waals surface area contributed by atoms with E-state index in [1.165, 1.54) is 6.07 Å². The first-order valence-electron chi connectivity index (χ1n) is 8.19. The largest absolute Gasteiger partial charge is 0.478 e. The van der Waals surface area contributed by atoms with Crippen LogP contribution in [0, 0.1) is 6.92 Å². The molecule has 1 aliphatic rings. The second-order valence-corrected chi connectivity index (χ2v) is 7.84. The summed E-state index contributed by atoms with van der Waals surface area (Å²) < 4.78 is 29.5. The van der Waals surface area contributed by atoms with Gasteiger partial charge in [-0.15, -0.1) is 0 Å². The van der Waals surface area contributed by atoms with E-state index in [0.717, 1.165) is 24.5 Å². The van der Waals surface area contributed by atoms with Crippen molar-refractivity contribution in [2.24, 2.45) is 5.14 Å². The van der Waals surface area contributed by atoms with Crippen LogP contribution in [-0.2, 0) is 10.0 Å². The van der Waals surface area contributed by atoms with Gasteiger partial charge in [0.25, 0.3) is 0 Å². The van der Waals surface area contributed by atoms with Gasteiger partial charge >= 0.3 is 5.97 Å². The molecule has 1 heterocycles. The van der Waals surface area contributed by atoms with Crippen molar-refractivity contribution in [3.8, 4) is 11.5 Å². The number of carboxylic acids is 1. The summed E-state index contributed by atoms with van der Waals surface area (Å²) >= 11 is 0. The molecule has 0 unspecified atom stereocenters. The first-order valence-corrected chi connectivity index (χ1v) is 9.74. The van der Waals surface area contributed by atoms with Crippen LogP contribution in [0.5, 0.6) is 11.5 Å². The molecule has 1 aliphatic heterocycles. The number of carboxylic acid groups (broad SMARTS) is 1. The molecule has 1 fully saturated rings. The van der Waals surface area contributed by atoms with Crippen molar-refractivity contribution in [3.05, 3.63) is 47.5 Å². The second kappa shape index (κ2) is 6.97. The number of carbonyl (C=O) groups is 1. The lowest BCUT2D eigenvalue weighted by Gasteiger charge is -2.23. The van der Waals surface area contributed by atoms with Crippen LogP contribution in [0.3, 0.4) is 0 Å². The number of primary sulfonamides is 1. The van der Waals surface area contributed by atoms with Crippen LogP contribution < -0.4 is 14.8 Å². The molecular weight excluding hydrogens is 356 g/mol. The fourth-order valence-electron chi connectivity index (χ4n) is 2.94. The summed E-state index contributed by atoms with van der Waals surface area (Å²) in [5.74, 6) is -0.685. The number of nitrogens with zero attached hydrogens (tertiary/aromatic N) is 1. The maximum Gasteiger partial charge on any atom is 0.339 e. The van der Waals surface area contributed by atoms with Gasteiger partial charge in [0.15, 0.2) is 5.75 Å². The Balaban J connectivity index is 2.18. The Labute approximate surface area is 152 Å². The predicted molar refractivity (Wildman–Crippen MR) is 97.5 cm³/mol. The van der Waals surface area contributed by atoms with Gasteiger partial charge in [-0.1, -0.05) is 17.7 Å². The molecule has 0 aromatic heterocycles. The summed E-state index contributed by atoms with van der Waals surface area (Å²) in [6.07, 6.45) is 1.87. The van der Waals surface area contributed by atoms with Crippen LogP contribution in [0.15, 0.2) is 41.3 Å². The van der Waals surface area contributed by atoms with E-state index in [0.29, 0.717) is 24.5 Å². The van der Waals surface area contributed by atoms with Crippen molar-refractivity contribution in [3.63, 3.8) is 0 Å². The normalized spacial score (nSPS) is 14.5. The molecule has 8 heteroatoms. The van der Waals surface area contributed by atoms with E-state index in [-0.39, 0.29) is 16.2 Å². The summed E-state index contributed by atoms with van der Waals surface area (Å²) in [5, 5.41) is 14.8. The minimum Gasteiger partial charge on any atom is -0.478 e. The lowest BCUT2D eigenvalue weighted by molar-refractivity contribution is 0.0694. The Kier molecular flexibility index (Phi) is 4.88. The quantitative estimate of drug-likeness (QED) is 0.830. The molecule has 3 rings (SSSR count). The SMILES string of the molecule is Cc1ccc(Oc2c(C(=O)O)cc(S(N)(=O)=O)cc2N2CCCC2)cc1. The van der Waals surface area contributed by atoms with Crippen LogP contribution in [0.2, 0.25) is 0 Å². The van der Waals surface area contributed by atoms with Crippen LogP contribution in [0.25, 0.3) is 0 Å². The van der Waals surface area contributed by atoms with E-state index in [9.17, 15) is 18.3 Å². The van der Waals surface area contributed by atoms with Crippen molar-refractivity contribution in [1.29, 1.82) is 0 Å². The van der Waals surface area contributed by atoms with Gasteiger partial charge in [0, 0.05) is 13.1 Å². The van der Waals surface area contributed by atoms with E-state index in [1.807, 2.05) is 24.0 Å². The average molecular weight is 376 g/mol. The summed E-state index contributed by atoms with van der Waals surface area (Å²) in [6, 6.07) is 9.61. The average Bonchev–Trinajstić information content (AvgIpc) is 3.10. The molecule has 0 bridgehead atoms. The highest BCUT2D eigenvalue weighted by atomic mass is 32.2. The number of anilines is 1. The number of hydrogen-bond donors (Lipinski definition) is 2. The zero-order chi connectivity index (χ0) is 18.9. The summed E-state index contributed by atoms with van der Waals surface area (Å²) in [7, 11) is -4.05. The molecule has 7 nitrogen and oxygen atoms in total. The van der Waals surface area contributed by atoms with Crippen molar-refractivity contribution >= 4 is 21.7 Å². The van der Waals surface area contributed by atoms with Crippen molar-refractivity contribution in [1.82, 2.24) is 0 Å². The van der Waals surface area contributed by atoms with Gasteiger partial charge < -0.3 is 14.7 Å². The van der Waals surface area contributed by atoms with Gasteiger partial charge in [-0.25, -0.2) is 18.4 Å². The minimum atomic E-state index is -4.05. The molecule has 0 radical (unpaired) electrons. The number of ether oxygens (including phenoxy) is 1. The second-order valence-electron chi connectivity index (χ2n) is 6.28. The zero-order valence-corrected chi connectivity index (χ0v) is 15.1.